The Morgan fingerprint density at radius 3 is 2.83 bits per heavy atom. The zero-order chi connectivity index (χ0) is 16.1. The molecular weight excluding hydrogens is 298 g/mol. The minimum Gasteiger partial charge on any atom is -0.404 e. The summed E-state index contributed by atoms with van der Waals surface area (Å²) in [4.78, 5) is 0. The molecule has 0 bridgehead atoms. The van der Waals surface area contributed by atoms with Crippen LogP contribution >= 0.6 is 0 Å². The van der Waals surface area contributed by atoms with Gasteiger partial charge >= 0.3 is 7.12 Å². The molecule has 0 aliphatic carbocycles. The van der Waals surface area contributed by atoms with Crippen molar-refractivity contribution in [2.75, 3.05) is 20.5 Å². The van der Waals surface area contributed by atoms with Crippen LogP contribution in [0, 0.1) is 5.82 Å². The predicted molar refractivity (Wildman–Crippen MR) is 84.7 cm³/mol. The molecule has 0 aromatic heterocycles. The molecule has 2 aromatic carbocycles. The van der Waals surface area contributed by atoms with Gasteiger partial charge in [-0.2, -0.15) is 0 Å². The van der Waals surface area contributed by atoms with Gasteiger partial charge < -0.3 is 18.8 Å². The molecule has 4 nitrogen and oxygen atoms in total. The molecule has 1 atom stereocenters. The molecule has 0 radical (unpaired) electrons. The molecule has 2 aromatic rings. The lowest BCUT2D eigenvalue weighted by molar-refractivity contribution is -0.0389. The Morgan fingerprint density at radius 2 is 2.04 bits per heavy atom. The van der Waals surface area contributed by atoms with Crippen LogP contribution < -0.4 is 5.46 Å². The summed E-state index contributed by atoms with van der Waals surface area (Å²) in [5, 5.41) is 0. The molecule has 0 N–H and O–H groups in total. The second kappa shape index (κ2) is 7.70. The maximum Gasteiger partial charge on any atom is 0.494 e. The Balaban J connectivity index is 1.74. The summed E-state index contributed by atoms with van der Waals surface area (Å²) in [6, 6.07) is 14.4. The molecule has 0 saturated carbocycles. The van der Waals surface area contributed by atoms with E-state index in [0.29, 0.717) is 12.2 Å². The van der Waals surface area contributed by atoms with E-state index in [1.165, 1.54) is 12.1 Å². The lowest BCUT2D eigenvalue weighted by Crippen LogP contribution is -2.35. The molecule has 1 fully saturated rings. The molecule has 120 valence electrons. The zero-order valence-corrected chi connectivity index (χ0v) is 12.9. The fourth-order valence-electron chi connectivity index (χ4n) is 2.57. The maximum absolute atomic E-state index is 13.5. The third kappa shape index (κ3) is 3.97. The van der Waals surface area contributed by atoms with E-state index in [-0.39, 0.29) is 25.3 Å². The summed E-state index contributed by atoms with van der Waals surface area (Å²) in [5.74, 6) is -0.317. The van der Waals surface area contributed by atoms with Crippen LogP contribution in [0.5, 0.6) is 0 Å². The summed E-state index contributed by atoms with van der Waals surface area (Å²) < 4.78 is 35.5. The molecule has 1 aliphatic rings. The van der Waals surface area contributed by atoms with Gasteiger partial charge in [-0.15, -0.1) is 0 Å². The molecule has 23 heavy (non-hydrogen) atoms. The van der Waals surface area contributed by atoms with Crippen LogP contribution in [-0.2, 0) is 25.4 Å². The van der Waals surface area contributed by atoms with Crippen molar-refractivity contribution in [3.05, 3.63) is 65.5 Å². The lowest BCUT2D eigenvalue weighted by atomic mass is 9.76. The van der Waals surface area contributed by atoms with Gasteiger partial charge in [-0.25, -0.2) is 4.39 Å². The molecular formula is C17H18BFO4. The molecule has 0 spiro atoms. The van der Waals surface area contributed by atoms with Crippen molar-refractivity contribution in [1.29, 1.82) is 0 Å². The number of halogens is 1. The fourth-order valence-corrected chi connectivity index (χ4v) is 2.57. The van der Waals surface area contributed by atoms with Gasteiger partial charge in [-0.05, 0) is 28.7 Å². The van der Waals surface area contributed by atoms with Crippen LogP contribution in [0.15, 0.2) is 48.5 Å². The normalized spacial score (nSPS) is 17.7. The average molecular weight is 316 g/mol. The van der Waals surface area contributed by atoms with Gasteiger partial charge in [0.2, 0.25) is 0 Å². The van der Waals surface area contributed by atoms with Crippen LogP contribution in [0.3, 0.4) is 0 Å². The monoisotopic (exact) mass is 316 g/mol. The molecule has 0 amide bonds. The van der Waals surface area contributed by atoms with Gasteiger partial charge in [0.15, 0.2) is 0 Å². The first-order chi connectivity index (χ1) is 11.3. The van der Waals surface area contributed by atoms with Gasteiger partial charge in [-0.1, -0.05) is 36.4 Å². The van der Waals surface area contributed by atoms with Crippen LogP contribution in [0.2, 0.25) is 0 Å². The second-order valence-electron chi connectivity index (χ2n) is 5.30. The number of methoxy groups -OCH3 is 1. The van der Waals surface area contributed by atoms with E-state index in [2.05, 4.69) is 0 Å². The van der Waals surface area contributed by atoms with E-state index in [1.54, 1.807) is 13.2 Å². The minimum absolute atomic E-state index is 0.126. The van der Waals surface area contributed by atoms with Crippen molar-refractivity contribution in [3.63, 3.8) is 0 Å². The molecule has 1 saturated heterocycles. The summed E-state index contributed by atoms with van der Waals surface area (Å²) >= 11 is 0. The fraction of sp³-hybridized carbons (Fsp3) is 0.294. The maximum atomic E-state index is 13.5. The van der Waals surface area contributed by atoms with Crippen molar-refractivity contribution in [3.8, 4) is 0 Å². The Bertz CT molecular complexity index is 638. The first-order valence-corrected chi connectivity index (χ1v) is 7.45. The van der Waals surface area contributed by atoms with Crippen molar-refractivity contribution in [1.82, 2.24) is 0 Å². The third-order valence-corrected chi connectivity index (χ3v) is 3.68. The molecule has 1 heterocycles. The third-order valence-electron chi connectivity index (χ3n) is 3.68. The Labute approximate surface area is 135 Å². The Morgan fingerprint density at radius 1 is 1.22 bits per heavy atom. The van der Waals surface area contributed by atoms with E-state index < -0.39 is 7.12 Å². The van der Waals surface area contributed by atoms with E-state index >= 15 is 0 Å². The molecule has 1 aliphatic heterocycles. The van der Waals surface area contributed by atoms with Crippen molar-refractivity contribution >= 4 is 12.6 Å². The number of hydrogen-bond donors (Lipinski definition) is 0. The average Bonchev–Trinajstić information content (AvgIpc) is 3.06. The standard InChI is InChI=1S/C17H18BFO4/c1-20-12-21-10-14-9-15(19)7-8-16(14)18-22-11-17(23-18)13-5-3-2-4-6-13/h2-9,17H,10-12H2,1H3. The number of rotatable bonds is 6. The first kappa shape index (κ1) is 16.1. The van der Waals surface area contributed by atoms with Gasteiger partial charge in [0.25, 0.3) is 0 Å². The SMILES string of the molecule is COCOCc1cc(F)ccc1B1OCC(c2ccccc2)O1. The highest BCUT2D eigenvalue weighted by molar-refractivity contribution is 6.62. The number of hydrogen-bond acceptors (Lipinski definition) is 4. The van der Waals surface area contributed by atoms with E-state index in [9.17, 15) is 4.39 Å². The predicted octanol–water partition coefficient (Wildman–Crippen LogP) is 2.43. The number of benzene rings is 2. The summed E-state index contributed by atoms with van der Waals surface area (Å²) in [6.07, 6.45) is -0.126. The van der Waals surface area contributed by atoms with Gasteiger partial charge in [0, 0.05) is 7.11 Å². The van der Waals surface area contributed by atoms with E-state index in [4.69, 9.17) is 18.8 Å². The van der Waals surface area contributed by atoms with Crippen LogP contribution in [-0.4, -0.2) is 27.6 Å². The smallest absolute Gasteiger partial charge is 0.404 e. The van der Waals surface area contributed by atoms with Gasteiger partial charge in [0.1, 0.15) is 12.6 Å². The second-order valence-corrected chi connectivity index (χ2v) is 5.30. The summed E-state index contributed by atoms with van der Waals surface area (Å²) in [6.45, 7) is 0.847. The Kier molecular flexibility index (Phi) is 5.41. The van der Waals surface area contributed by atoms with Crippen molar-refractivity contribution in [2.45, 2.75) is 12.7 Å². The van der Waals surface area contributed by atoms with Crippen LogP contribution in [0.1, 0.15) is 17.2 Å². The Hall–Kier alpha value is -1.73. The highest BCUT2D eigenvalue weighted by atomic mass is 19.1. The quantitative estimate of drug-likeness (QED) is 0.466. The van der Waals surface area contributed by atoms with E-state index in [0.717, 1.165) is 11.0 Å². The van der Waals surface area contributed by atoms with E-state index in [1.807, 2.05) is 30.3 Å². The molecule has 3 rings (SSSR count). The van der Waals surface area contributed by atoms with Crippen LogP contribution in [0.4, 0.5) is 4.39 Å². The minimum atomic E-state index is -0.526. The lowest BCUT2D eigenvalue weighted by Gasteiger charge is -2.13. The van der Waals surface area contributed by atoms with Gasteiger partial charge in [0.05, 0.1) is 19.3 Å². The first-order valence-electron chi connectivity index (χ1n) is 7.45. The van der Waals surface area contributed by atoms with Crippen molar-refractivity contribution < 1.29 is 23.2 Å². The topological polar surface area (TPSA) is 36.9 Å². The number of ether oxygens (including phenoxy) is 2. The zero-order valence-electron chi connectivity index (χ0n) is 12.9. The van der Waals surface area contributed by atoms with Gasteiger partial charge in [-0.3, -0.25) is 0 Å². The molecule has 1 unspecified atom stereocenters. The van der Waals surface area contributed by atoms with Crippen molar-refractivity contribution in [2.24, 2.45) is 0 Å². The largest absolute Gasteiger partial charge is 0.494 e. The molecule has 6 heteroatoms. The summed E-state index contributed by atoms with van der Waals surface area (Å²) in [7, 11) is 1.02. The summed E-state index contributed by atoms with van der Waals surface area (Å²) in [5.41, 5.74) is 2.54. The highest BCUT2D eigenvalue weighted by Gasteiger charge is 2.35. The highest BCUT2D eigenvalue weighted by Crippen LogP contribution is 2.25. The van der Waals surface area contributed by atoms with Crippen LogP contribution in [0.25, 0.3) is 0 Å².